The van der Waals surface area contributed by atoms with Crippen LogP contribution in [0.2, 0.25) is 0 Å². The Labute approximate surface area is 143 Å². The number of nitrogens with zero attached hydrogens (tertiary/aromatic N) is 2. The summed E-state index contributed by atoms with van der Waals surface area (Å²) < 4.78 is 5.04. The molecule has 0 aromatic carbocycles. The number of Topliss-reactive ketones (excluding diaryl/α,β-unsaturated/α-hetero) is 1. The molecule has 0 fully saturated rings. The van der Waals surface area contributed by atoms with Gasteiger partial charge in [-0.3, -0.25) is 14.5 Å². The van der Waals surface area contributed by atoms with Crippen molar-refractivity contribution < 1.29 is 19.1 Å². The van der Waals surface area contributed by atoms with Crippen molar-refractivity contribution in [1.29, 1.82) is 0 Å². The fourth-order valence-corrected chi connectivity index (χ4v) is 2.41. The topological polar surface area (TPSA) is 82.7 Å². The molecule has 0 aliphatic heterocycles. The number of hydrogen-bond acceptors (Lipinski definition) is 5. The molecule has 0 saturated heterocycles. The van der Waals surface area contributed by atoms with E-state index in [9.17, 15) is 14.4 Å². The zero-order valence-corrected chi connectivity index (χ0v) is 15.5. The van der Waals surface area contributed by atoms with E-state index in [0.717, 1.165) is 0 Å². The van der Waals surface area contributed by atoms with Gasteiger partial charge in [0.25, 0.3) is 0 Å². The largest absolute Gasteiger partial charge is 0.462 e. The number of esters is 1. The van der Waals surface area contributed by atoms with Crippen LogP contribution in [-0.4, -0.2) is 72.8 Å². The summed E-state index contributed by atoms with van der Waals surface area (Å²) in [7, 11) is 5.07. The van der Waals surface area contributed by atoms with E-state index in [4.69, 9.17) is 4.74 Å². The first-order chi connectivity index (χ1) is 11.1. The van der Waals surface area contributed by atoms with Crippen molar-refractivity contribution in [2.45, 2.75) is 33.7 Å². The number of carbonyl (C=O) groups excluding carboxylic acids is 3. The molecule has 0 spiro atoms. The Kier molecular flexibility index (Phi) is 6.71. The number of H-pyrrole nitrogens is 1. The van der Waals surface area contributed by atoms with E-state index in [1.165, 1.54) is 4.90 Å². The smallest absolute Gasteiger partial charge is 0.340 e. The lowest BCUT2D eigenvalue weighted by Gasteiger charge is -2.24. The summed E-state index contributed by atoms with van der Waals surface area (Å²) in [5.41, 5.74) is 1.97. The van der Waals surface area contributed by atoms with Crippen LogP contribution in [0.4, 0.5) is 0 Å². The van der Waals surface area contributed by atoms with E-state index in [1.807, 2.05) is 0 Å². The van der Waals surface area contributed by atoms with E-state index in [0.29, 0.717) is 22.5 Å². The molecule has 1 heterocycles. The molecule has 1 aromatic rings. The fourth-order valence-electron chi connectivity index (χ4n) is 2.41. The predicted molar refractivity (Wildman–Crippen MR) is 91.3 cm³/mol. The molecule has 1 atom stereocenters. The minimum Gasteiger partial charge on any atom is -0.462 e. The average Bonchev–Trinajstić information content (AvgIpc) is 2.80. The predicted octanol–water partition coefficient (Wildman–Crippen LogP) is 1.40. The molecule has 1 rings (SSSR count). The molecule has 0 bridgehead atoms. The van der Waals surface area contributed by atoms with Crippen LogP contribution < -0.4 is 0 Å². The van der Waals surface area contributed by atoms with Crippen LogP contribution in [0, 0.1) is 13.8 Å². The monoisotopic (exact) mass is 337 g/mol. The number of amides is 1. The van der Waals surface area contributed by atoms with Crippen molar-refractivity contribution in [1.82, 2.24) is 14.8 Å². The molecule has 1 aromatic heterocycles. The van der Waals surface area contributed by atoms with Gasteiger partial charge >= 0.3 is 5.97 Å². The molecule has 7 heteroatoms. The average molecular weight is 337 g/mol. The molecule has 0 radical (unpaired) electrons. The maximum absolute atomic E-state index is 12.8. The highest BCUT2D eigenvalue weighted by Crippen LogP contribution is 2.21. The highest BCUT2D eigenvalue weighted by molar-refractivity contribution is 6.03. The van der Waals surface area contributed by atoms with Crippen LogP contribution in [0.1, 0.15) is 46.0 Å². The van der Waals surface area contributed by atoms with Crippen molar-refractivity contribution in [3.8, 4) is 0 Å². The maximum Gasteiger partial charge on any atom is 0.340 e. The third-order valence-corrected chi connectivity index (χ3v) is 4.09. The Bertz CT molecular complexity index is 634. The summed E-state index contributed by atoms with van der Waals surface area (Å²) in [6.07, 6.45) is 0. The van der Waals surface area contributed by atoms with Gasteiger partial charge in [-0.25, -0.2) is 4.79 Å². The van der Waals surface area contributed by atoms with Gasteiger partial charge in [0.15, 0.2) is 5.78 Å². The molecule has 134 valence electrons. The molecular formula is C17H27N3O4. The molecular weight excluding hydrogens is 310 g/mol. The van der Waals surface area contributed by atoms with Crippen LogP contribution in [-0.2, 0) is 9.53 Å². The van der Waals surface area contributed by atoms with E-state index in [1.54, 1.807) is 53.7 Å². The van der Waals surface area contributed by atoms with E-state index < -0.39 is 12.0 Å². The Morgan fingerprint density at radius 1 is 1.17 bits per heavy atom. The highest BCUT2D eigenvalue weighted by atomic mass is 16.5. The summed E-state index contributed by atoms with van der Waals surface area (Å²) in [6.45, 7) is 7.35. The lowest BCUT2D eigenvalue weighted by atomic mass is 10.0. The molecule has 0 saturated carbocycles. The van der Waals surface area contributed by atoms with Crippen molar-refractivity contribution in [3.63, 3.8) is 0 Å². The van der Waals surface area contributed by atoms with Gasteiger partial charge in [0.1, 0.15) is 0 Å². The number of aromatic amines is 1. The number of likely N-dealkylation sites (N-methyl/N-ethyl adjacent to an activating group) is 2. The Balaban J connectivity index is 3.01. The summed E-state index contributed by atoms with van der Waals surface area (Å²) >= 11 is 0. The Morgan fingerprint density at radius 2 is 1.75 bits per heavy atom. The third kappa shape index (κ3) is 4.23. The molecule has 1 unspecified atom stereocenters. The zero-order chi connectivity index (χ0) is 18.6. The summed E-state index contributed by atoms with van der Waals surface area (Å²) in [5.74, 6) is -0.685. The number of rotatable bonds is 7. The number of carbonyl (C=O) groups is 3. The SMILES string of the molecule is CCOC(=O)c1c(C)[nH]c(C(=O)C(C)N(C)CC(=O)N(C)C)c1C. The molecule has 24 heavy (non-hydrogen) atoms. The van der Waals surface area contributed by atoms with E-state index >= 15 is 0 Å². The van der Waals surface area contributed by atoms with Crippen LogP contribution in [0.25, 0.3) is 0 Å². The van der Waals surface area contributed by atoms with Gasteiger partial charge in [-0.05, 0) is 40.3 Å². The highest BCUT2D eigenvalue weighted by Gasteiger charge is 2.28. The summed E-state index contributed by atoms with van der Waals surface area (Å²) in [4.78, 5) is 42.8. The van der Waals surface area contributed by atoms with Crippen LogP contribution >= 0.6 is 0 Å². The standard InChI is InChI=1S/C17H27N3O4/c1-8-24-17(23)14-10(2)15(18-11(14)3)16(22)12(4)20(7)9-13(21)19(5)6/h12,18H,8-9H2,1-7H3. The van der Waals surface area contributed by atoms with Gasteiger partial charge < -0.3 is 14.6 Å². The molecule has 1 N–H and O–H groups in total. The van der Waals surface area contributed by atoms with Crippen LogP contribution in [0.3, 0.4) is 0 Å². The summed E-state index contributed by atoms with van der Waals surface area (Å²) in [5, 5.41) is 0. The quantitative estimate of drug-likeness (QED) is 0.601. The van der Waals surface area contributed by atoms with Crippen molar-refractivity contribution in [2.75, 3.05) is 34.3 Å². The number of aryl methyl sites for hydroxylation is 1. The van der Waals surface area contributed by atoms with Gasteiger partial charge in [0, 0.05) is 19.8 Å². The number of ketones is 1. The minimum absolute atomic E-state index is 0.0799. The Morgan fingerprint density at radius 3 is 2.25 bits per heavy atom. The Hall–Kier alpha value is -2.15. The molecule has 7 nitrogen and oxygen atoms in total. The number of nitrogens with one attached hydrogen (secondary N) is 1. The van der Waals surface area contributed by atoms with Gasteiger partial charge in [-0.1, -0.05) is 0 Å². The maximum atomic E-state index is 12.8. The van der Waals surface area contributed by atoms with Crippen molar-refractivity contribution in [3.05, 3.63) is 22.5 Å². The first kappa shape index (κ1) is 19.9. The van der Waals surface area contributed by atoms with Crippen LogP contribution in [0.15, 0.2) is 0 Å². The lowest BCUT2D eigenvalue weighted by molar-refractivity contribution is -0.129. The van der Waals surface area contributed by atoms with Gasteiger partial charge in [0.2, 0.25) is 5.91 Å². The second-order valence-corrected chi connectivity index (χ2v) is 6.09. The lowest BCUT2D eigenvalue weighted by Crippen LogP contribution is -2.42. The van der Waals surface area contributed by atoms with E-state index in [-0.39, 0.29) is 24.8 Å². The minimum atomic E-state index is -0.499. The fraction of sp³-hybridized carbons (Fsp3) is 0.588. The molecule has 1 amide bonds. The molecule has 0 aliphatic rings. The zero-order valence-electron chi connectivity index (χ0n) is 15.5. The number of hydrogen-bond donors (Lipinski definition) is 1. The number of aromatic nitrogens is 1. The first-order valence-electron chi connectivity index (χ1n) is 7.92. The second kappa shape index (κ2) is 8.10. The first-order valence-corrected chi connectivity index (χ1v) is 7.92. The third-order valence-electron chi connectivity index (χ3n) is 4.09. The molecule has 0 aliphatic carbocycles. The van der Waals surface area contributed by atoms with Crippen molar-refractivity contribution >= 4 is 17.7 Å². The van der Waals surface area contributed by atoms with Gasteiger partial charge in [-0.2, -0.15) is 0 Å². The second-order valence-electron chi connectivity index (χ2n) is 6.09. The van der Waals surface area contributed by atoms with E-state index in [2.05, 4.69) is 4.98 Å². The van der Waals surface area contributed by atoms with Gasteiger partial charge in [-0.15, -0.1) is 0 Å². The number of ether oxygens (including phenoxy) is 1. The van der Waals surface area contributed by atoms with Gasteiger partial charge in [0.05, 0.1) is 30.5 Å². The summed E-state index contributed by atoms with van der Waals surface area (Å²) in [6, 6.07) is -0.499. The van der Waals surface area contributed by atoms with Crippen molar-refractivity contribution in [2.24, 2.45) is 0 Å². The normalized spacial score (nSPS) is 12.2. The van der Waals surface area contributed by atoms with Crippen LogP contribution in [0.5, 0.6) is 0 Å².